The summed E-state index contributed by atoms with van der Waals surface area (Å²) in [6.07, 6.45) is 2.54. The fourth-order valence-electron chi connectivity index (χ4n) is 3.46. The lowest BCUT2D eigenvalue weighted by Gasteiger charge is -2.20. The molecule has 7 heteroatoms. The van der Waals surface area contributed by atoms with Crippen LogP contribution in [0.3, 0.4) is 0 Å². The number of hydrogen-bond acceptors (Lipinski definition) is 4. The third-order valence-corrected chi connectivity index (χ3v) is 5.56. The summed E-state index contributed by atoms with van der Waals surface area (Å²) >= 11 is 6.28. The highest BCUT2D eigenvalue weighted by Crippen LogP contribution is 2.25. The normalized spacial score (nSPS) is 19.1. The van der Waals surface area contributed by atoms with E-state index in [1.807, 2.05) is 61.5 Å². The number of pyridine rings is 1. The lowest BCUT2D eigenvalue weighted by atomic mass is 9.93. The van der Waals surface area contributed by atoms with E-state index in [0.717, 1.165) is 27.0 Å². The monoisotopic (exact) mass is 420 g/mol. The highest BCUT2D eigenvalue weighted by molar-refractivity contribution is 6.32. The molecule has 0 radical (unpaired) electrons. The minimum atomic E-state index is -1.01. The van der Waals surface area contributed by atoms with E-state index in [4.69, 9.17) is 11.6 Å². The number of benzene rings is 2. The number of urea groups is 1. The van der Waals surface area contributed by atoms with Crippen molar-refractivity contribution in [2.45, 2.75) is 32.2 Å². The Balaban J connectivity index is 1.53. The first-order chi connectivity index (χ1) is 14.4. The van der Waals surface area contributed by atoms with Crippen LogP contribution in [0.15, 0.2) is 59.7 Å². The molecule has 0 unspecified atom stereocenters. The summed E-state index contributed by atoms with van der Waals surface area (Å²) in [5, 5.41) is 8.90. The Kier molecular flexibility index (Phi) is 5.26. The van der Waals surface area contributed by atoms with Crippen molar-refractivity contribution in [1.82, 2.24) is 15.3 Å². The second-order valence-corrected chi connectivity index (χ2v) is 8.03. The van der Waals surface area contributed by atoms with Gasteiger partial charge < -0.3 is 5.32 Å². The van der Waals surface area contributed by atoms with Crippen LogP contribution < -0.4 is 5.32 Å². The van der Waals surface area contributed by atoms with Crippen molar-refractivity contribution in [1.29, 1.82) is 0 Å². The van der Waals surface area contributed by atoms with Crippen molar-refractivity contribution in [2.75, 3.05) is 0 Å². The SMILES string of the molecule is Cc1ccc2cc(/C=N\N3C(=O)N[C@](C)(CCc4ccccc4)C3=O)c(Cl)nc2c1. The van der Waals surface area contributed by atoms with Gasteiger partial charge in [0.2, 0.25) is 0 Å². The number of halogens is 1. The second-order valence-electron chi connectivity index (χ2n) is 7.67. The Bertz CT molecular complexity index is 1160. The molecule has 0 spiro atoms. The molecule has 1 aliphatic rings. The van der Waals surface area contributed by atoms with E-state index in [1.165, 1.54) is 6.21 Å². The number of rotatable bonds is 5. The molecule has 3 aromatic rings. The van der Waals surface area contributed by atoms with Crippen molar-refractivity contribution in [3.8, 4) is 0 Å². The van der Waals surface area contributed by atoms with Crippen LogP contribution in [-0.2, 0) is 11.2 Å². The summed E-state index contributed by atoms with van der Waals surface area (Å²) in [7, 11) is 0. The second kappa shape index (κ2) is 7.88. The fourth-order valence-corrected chi connectivity index (χ4v) is 3.66. The van der Waals surface area contributed by atoms with Crippen LogP contribution in [0.25, 0.3) is 10.9 Å². The van der Waals surface area contributed by atoms with Gasteiger partial charge in [0.1, 0.15) is 10.7 Å². The third kappa shape index (κ3) is 3.91. The minimum absolute atomic E-state index is 0.260. The molecule has 1 fully saturated rings. The van der Waals surface area contributed by atoms with E-state index in [-0.39, 0.29) is 11.1 Å². The molecule has 2 aromatic carbocycles. The first kappa shape index (κ1) is 20.0. The molecule has 0 saturated carbocycles. The first-order valence-corrected chi connectivity index (χ1v) is 10.0. The minimum Gasteiger partial charge on any atom is -0.322 e. The number of amides is 3. The fraction of sp³-hybridized carbons (Fsp3) is 0.217. The van der Waals surface area contributed by atoms with E-state index in [0.29, 0.717) is 18.4 Å². The first-order valence-electron chi connectivity index (χ1n) is 9.67. The molecule has 30 heavy (non-hydrogen) atoms. The number of nitrogens with one attached hydrogen (secondary N) is 1. The number of carbonyl (C=O) groups excluding carboxylic acids is 2. The van der Waals surface area contributed by atoms with Gasteiger partial charge in [-0.3, -0.25) is 4.79 Å². The number of aromatic nitrogens is 1. The van der Waals surface area contributed by atoms with Crippen molar-refractivity contribution >= 4 is 40.7 Å². The number of nitrogens with zero attached hydrogens (tertiary/aromatic N) is 3. The number of hydrogen-bond donors (Lipinski definition) is 1. The summed E-state index contributed by atoms with van der Waals surface area (Å²) in [5.74, 6) is -0.389. The number of aryl methyl sites for hydroxylation is 2. The largest absolute Gasteiger partial charge is 0.346 e. The zero-order chi connectivity index (χ0) is 21.3. The molecule has 3 amide bonds. The van der Waals surface area contributed by atoms with Gasteiger partial charge in [0, 0.05) is 10.9 Å². The van der Waals surface area contributed by atoms with E-state index < -0.39 is 11.6 Å². The zero-order valence-corrected chi connectivity index (χ0v) is 17.5. The Morgan fingerprint density at radius 3 is 2.70 bits per heavy atom. The van der Waals surface area contributed by atoms with Gasteiger partial charge in [-0.1, -0.05) is 54.1 Å². The predicted octanol–water partition coefficient (Wildman–Crippen LogP) is 4.47. The average molecular weight is 421 g/mol. The summed E-state index contributed by atoms with van der Waals surface area (Å²) in [6.45, 7) is 3.70. The van der Waals surface area contributed by atoms with Crippen LogP contribution in [-0.4, -0.2) is 33.7 Å². The van der Waals surface area contributed by atoms with Crippen LogP contribution in [0.2, 0.25) is 5.15 Å². The van der Waals surface area contributed by atoms with Gasteiger partial charge in [0.15, 0.2) is 0 Å². The summed E-state index contributed by atoms with van der Waals surface area (Å²) in [5.41, 5.74) is 2.49. The van der Waals surface area contributed by atoms with Crippen LogP contribution >= 0.6 is 11.6 Å². The van der Waals surface area contributed by atoms with E-state index in [2.05, 4.69) is 15.4 Å². The number of fused-ring (bicyclic) bond motifs is 1. The quantitative estimate of drug-likeness (QED) is 0.376. The maximum Gasteiger partial charge on any atom is 0.346 e. The van der Waals surface area contributed by atoms with Crippen molar-refractivity contribution in [3.05, 3.63) is 76.4 Å². The van der Waals surface area contributed by atoms with Gasteiger partial charge in [-0.15, -0.1) is 5.01 Å². The lowest BCUT2D eigenvalue weighted by molar-refractivity contribution is -0.130. The predicted molar refractivity (Wildman–Crippen MR) is 118 cm³/mol. The van der Waals surface area contributed by atoms with E-state index in [1.54, 1.807) is 6.92 Å². The molecule has 1 aromatic heterocycles. The highest BCUT2D eigenvalue weighted by Gasteiger charge is 2.47. The van der Waals surface area contributed by atoms with Gasteiger partial charge >= 0.3 is 6.03 Å². The number of carbonyl (C=O) groups is 2. The summed E-state index contributed by atoms with van der Waals surface area (Å²) in [4.78, 5) is 29.7. The van der Waals surface area contributed by atoms with Crippen molar-refractivity contribution in [3.63, 3.8) is 0 Å². The molecule has 1 aliphatic heterocycles. The molecular weight excluding hydrogens is 400 g/mol. The molecule has 2 heterocycles. The van der Waals surface area contributed by atoms with E-state index in [9.17, 15) is 9.59 Å². The maximum atomic E-state index is 12.9. The van der Waals surface area contributed by atoms with Crippen molar-refractivity contribution in [2.24, 2.45) is 5.10 Å². The molecule has 0 aliphatic carbocycles. The smallest absolute Gasteiger partial charge is 0.322 e. The topological polar surface area (TPSA) is 74.7 Å². The lowest BCUT2D eigenvalue weighted by Crippen LogP contribution is -2.44. The summed E-state index contributed by atoms with van der Waals surface area (Å²) < 4.78 is 0. The van der Waals surface area contributed by atoms with Crippen LogP contribution in [0.1, 0.15) is 30.0 Å². The maximum absolute atomic E-state index is 12.9. The molecule has 6 nitrogen and oxygen atoms in total. The van der Waals surface area contributed by atoms with Gasteiger partial charge in [-0.2, -0.15) is 5.10 Å². The third-order valence-electron chi connectivity index (χ3n) is 5.26. The molecule has 0 bridgehead atoms. The number of imide groups is 1. The number of hydrazone groups is 1. The molecule has 1 N–H and O–H groups in total. The molecule has 1 saturated heterocycles. The van der Waals surface area contributed by atoms with Crippen LogP contribution in [0.5, 0.6) is 0 Å². The average Bonchev–Trinajstić information content (AvgIpc) is 2.94. The zero-order valence-electron chi connectivity index (χ0n) is 16.7. The van der Waals surface area contributed by atoms with E-state index >= 15 is 0 Å². The van der Waals surface area contributed by atoms with Gasteiger partial charge in [-0.25, -0.2) is 9.78 Å². The Labute approximate surface area is 179 Å². The van der Waals surface area contributed by atoms with Gasteiger partial charge in [0.05, 0.1) is 11.7 Å². The van der Waals surface area contributed by atoms with Gasteiger partial charge in [0.25, 0.3) is 5.91 Å². The molecular formula is C23H21ClN4O2. The highest BCUT2D eigenvalue weighted by atomic mass is 35.5. The molecule has 152 valence electrons. The van der Waals surface area contributed by atoms with Gasteiger partial charge in [-0.05, 0) is 49.9 Å². The van der Waals surface area contributed by atoms with Crippen molar-refractivity contribution < 1.29 is 9.59 Å². The standard InChI is InChI=1S/C23H21ClN4O2/c1-15-8-9-17-13-18(20(24)26-19(17)12-15)14-25-28-21(29)23(2,27-22(28)30)11-10-16-6-4-3-5-7-16/h3-9,12-14H,10-11H2,1-2H3,(H,27,30)/b25-14-/t23-/m1/s1. The summed E-state index contributed by atoms with van der Waals surface area (Å²) in [6, 6.07) is 17.0. The molecule has 1 atom stereocenters. The Morgan fingerprint density at radius 1 is 1.17 bits per heavy atom. The van der Waals surface area contributed by atoms with Crippen LogP contribution in [0, 0.1) is 6.92 Å². The Morgan fingerprint density at radius 2 is 1.93 bits per heavy atom. The molecule has 4 rings (SSSR count). The Hall–Kier alpha value is -3.25. The van der Waals surface area contributed by atoms with Crippen LogP contribution in [0.4, 0.5) is 4.79 Å².